The molecule has 2 saturated heterocycles. The van der Waals surface area contributed by atoms with Crippen molar-refractivity contribution in [2.45, 2.75) is 44.1 Å². The molecule has 0 aromatic heterocycles. The summed E-state index contributed by atoms with van der Waals surface area (Å²) in [6, 6.07) is 7.55. The van der Waals surface area contributed by atoms with Crippen LogP contribution in [0.5, 0.6) is 5.75 Å². The van der Waals surface area contributed by atoms with Crippen LogP contribution in [0, 0.1) is 0 Å². The molecule has 0 spiro atoms. The summed E-state index contributed by atoms with van der Waals surface area (Å²) in [4.78, 5) is 32.3. The number of nitrogens with zero attached hydrogens (tertiary/aromatic N) is 3. The van der Waals surface area contributed by atoms with Gasteiger partial charge in [-0.05, 0) is 50.9 Å². The molecule has 6 heteroatoms. The molecule has 1 saturated carbocycles. The van der Waals surface area contributed by atoms with Gasteiger partial charge in [-0.15, -0.1) is 0 Å². The Morgan fingerprint density at radius 1 is 1.04 bits per heavy atom. The Labute approximate surface area is 161 Å². The van der Waals surface area contributed by atoms with E-state index in [1.54, 1.807) is 12.0 Å². The van der Waals surface area contributed by atoms with Gasteiger partial charge in [0.2, 0.25) is 11.8 Å². The van der Waals surface area contributed by atoms with Crippen molar-refractivity contribution in [3.8, 4) is 5.75 Å². The minimum absolute atomic E-state index is 0.0163. The van der Waals surface area contributed by atoms with Crippen LogP contribution in [0.2, 0.25) is 0 Å². The van der Waals surface area contributed by atoms with Crippen molar-refractivity contribution in [1.82, 2.24) is 9.80 Å². The Hall–Kier alpha value is -2.08. The first kappa shape index (κ1) is 18.3. The number of piperazine rings is 1. The predicted octanol–water partition coefficient (Wildman–Crippen LogP) is 2.28. The lowest BCUT2D eigenvalue weighted by Gasteiger charge is -2.43. The van der Waals surface area contributed by atoms with Gasteiger partial charge in [0.05, 0.1) is 7.11 Å². The number of anilines is 1. The van der Waals surface area contributed by atoms with Crippen molar-refractivity contribution in [3.05, 3.63) is 24.3 Å². The molecule has 3 fully saturated rings. The lowest BCUT2D eigenvalue weighted by molar-refractivity contribution is -0.147. The van der Waals surface area contributed by atoms with E-state index in [-0.39, 0.29) is 23.9 Å². The van der Waals surface area contributed by atoms with E-state index in [9.17, 15) is 9.59 Å². The van der Waals surface area contributed by atoms with Gasteiger partial charge in [0.1, 0.15) is 17.8 Å². The van der Waals surface area contributed by atoms with E-state index in [0.29, 0.717) is 13.1 Å². The number of hydrogen-bond donors (Lipinski definition) is 0. The van der Waals surface area contributed by atoms with E-state index >= 15 is 0 Å². The summed E-state index contributed by atoms with van der Waals surface area (Å²) >= 11 is 0. The first-order valence-electron chi connectivity index (χ1n) is 10.1. The third-order valence-electron chi connectivity index (χ3n) is 6.41. The van der Waals surface area contributed by atoms with Crippen molar-refractivity contribution in [2.75, 3.05) is 44.7 Å². The van der Waals surface area contributed by atoms with Crippen LogP contribution in [0.4, 0.5) is 5.69 Å². The van der Waals surface area contributed by atoms with Gasteiger partial charge in [-0.1, -0.05) is 18.9 Å². The third-order valence-corrected chi connectivity index (χ3v) is 6.41. The molecule has 3 aliphatic rings. The molecule has 0 unspecified atom stereocenters. The van der Waals surface area contributed by atoms with Crippen molar-refractivity contribution < 1.29 is 14.3 Å². The van der Waals surface area contributed by atoms with E-state index in [0.717, 1.165) is 50.2 Å². The topological polar surface area (TPSA) is 53.1 Å². The fraction of sp³-hybridized carbons (Fsp3) is 0.619. The maximum atomic E-state index is 13.5. The molecule has 0 radical (unpaired) electrons. The maximum Gasteiger partial charge on any atom is 0.246 e. The normalized spacial score (nSPS) is 23.1. The number of rotatable bonds is 4. The van der Waals surface area contributed by atoms with E-state index in [1.165, 1.54) is 12.8 Å². The molecule has 2 heterocycles. The molecule has 27 heavy (non-hydrogen) atoms. The van der Waals surface area contributed by atoms with Crippen LogP contribution in [0.1, 0.15) is 38.5 Å². The predicted molar refractivity (Wildman–Crippen MR) is 104 cm³/mol. The molecular weight excluding hydrogens is 342 g/mol. The summed E-state index contributed by atoms with van der Waals surface area (Å²) in [7, 11) is 1.62. The molecule has 0 bridgehead atoms. The molecule has 1 aromatic rings. The van der Waals surface area contributed by atoms with Crippen molar-refractivity contribution in [2.24, 2.45) is 0 Å². The molecule has 146 valence electrons. The average molecular weight is 371 g/mol. The number of ether oxygens (including phenoxy) is 1. The van der Waals surface area contributed by atoms with Crippen LogP contribution < -0.4 is 9.64 Å². The smallest absolute Gasteiger partial charge is 0.246 e. The van der Waals surface area contributed by atoms with Crippen LogP contribution in [0.15, 0.2) is 24.3 Å². The second kappa shape index (κ2) is 7.50. The molecule has 1 aromatic carbocycles. The quantitative estimate of drug-likeness (QED) is 0.815. The largest absolute Gasteiger partial charge is 0.497 e. The SMILES string of the molecule is COc1cccc(N2CCN(C(=O)C3(N4CCCC4)CCCC3)CC2=O)c1. The summed E-state index contributed by atoms with van der Waals surface area (Å²) < 4.78 is 5.27. The molecular formula is C21H29N3O3. The molecule has 2 amide bonds. The number of hydrogen-bond acceptors (Lipinski definition) is 4. The molecule has 6 nitrogen and oxygen atoms in total. The Kier molecular flexibility index (Phi) is 5.08. The van der Waals surface area contributed by atoms with Crippen molar-refractivity contribution >= 4 is 17.5 Å². The molecule has 0 N–H and O–H groups in total. The molecule has 0 atom stereocenters. The van der Waals surface area contributed by atoms with Gasteiger partial charge in [-0.25, -0.2) is 0 Å². The molecule has 2 aliphatic heterocycles. The van der Waals surface area contributed by atoms with Crippen LogP contribution in [-0.4, -0.2) is 67.0 Å². The number of carbonyl (C=O) groups excluding carboxylic acids is 2. The zero-order valence-corrected chi connectivity index (χ0v) is 16.2. The molecule has 1 aliphatic carbocycles. The van der Waals surface area contributed by atoms with Crippen molar-refractivity contribution in [1.29, 1.82) is 0 Å². The fourth-order valence-corrected chi connectivity index (χ4v) is 4.96. The minimum Gasteiger partial charge on any atom is -0.497 e. The van der Waals surface area contributed by atoms with Crippen molar-refractivity contribution in [3.63, 3.8) is 0 Å². The van der Waals surface area contributed by atoms with E-state index in [4.69, 9.17) is 4.74 Å². The first-order chi connectivity index (χ1) is 13.1. The number of benzene rings is 1. The van der Waals surface area contributed by atoms with Crippen LogP contribution in [0.25, 0.3) is 0 Å². The van der Waals surface area contributed by atoms with Gasteiger partial charge < -0.3 is 14.5 Å². The summed E-state index contributed by atoms with van der Waals surface area (Å²) in [6.45, 7) is 3.34. The Bertz CT molecular complexity index is 708. The number of amides is 2. The highest BCUT2D eigenvalue weighted by Gasteiger charge is 2.49. The van der Waals surface area contributed by atoms with Gasteiger partial charge in [0, 0.05) is 24.8 Å². The summed E-state index contributed by atoms with van der Waals surface area (Å²) in [5, 5.41) is 0. The van der Waals surface area contributed by atoms with Gasteiger partial charge in [-0.3, -0.25) is 14.5 Å². The fourth-order valence-electron chi connectivity index (χ4n) is 4.96. The lowest BCUT2D eigenvalue weighted by Crippen LogP contribution is -2.62. The van der Waals surface area contributed by atoms with Gasteiger partial charge >= 0.3 is 0 Å². The zero-order valence-electron chi connectivity index (χ0n) is 16.2. The van der Waals surface area contributed by atoms with Crippen LogP contribution in [0.3, 0.4) is 0 Å². The zero-order chi connectivity index (χ0) is 18.9. The van der Waals surface area contributed by atoms with E-state index < -0.39 is 0 Å². The Morgan fingerprint density at radius 2 is 1.78 bits per heavy atom. The number of methoxy groups -OCH3 is 1. The first-order valence-corrected chi connectivity index (χ1v) is 10.1. The van der Waals surface area contributed by atoms with Gasteiger partial charge in [0.15, 0.2) is 0 Å². The average Bonchev–Trinajstić information content (AvgIpc) is 3.39. The van der Waals surface area contributed by atoms with Crippen LogP contribution in [-0.2, 0) is 9.59 Å². The Morgan fingerprint density at radius 3 is 2.44 bits per heavy atom. The highest BCUT2D eigenvalue weighted by atomic mass is 16.5. The van der Waals surface area contributed by atoms with E-state index in [1.807, 2.05) is 29.2 Å². The minimum atomic E-state index is -0.352. The second-order valence-electron chi connectivity index (χ2n) is 7.91. The highest BCUT2D eigenvalue weighted by Crippen LogP contribution is 2.39. The van der Waals surface area contributed by atoms with Gasteiger partial charge in [-0.2, -0.15) is 0 Å². The second-order valence-corrected chi connectivity index (χ2v) is 7.91. The maximum absolute atomic E-state index is 13.5. The summed E-state index contributed by atoms with van der Waals surface area (Å²) in [5.41, 5.74) is 0.483. The van der Waals surface area contributed by atoms with E-state index in [2.05, 4.69) is 4.90 Å². The monoisotopic (exact) mass is 371 g/mol. The third kappa shape index (κ3) is 3.31. The highest BCUT2D eigenvalue weighted by molar-refractivity contribution is 5.99. The molecule has 4 rings (SSSR count). The summed E-state index contributed by atoms with van der Waals surface area (Å²) in [5.74, 6) is 0.899. The Balaban J connectivity index is 1.48. The van der Waals surface area contributed by atoms with Crippen LogP contribution >= 0.6 is 0 Å². The lowest BCUT2D eigenvalue weighted by atomic mass is 9.92. The number of likely N-dealkylation sites (tertiary alicyclic amines) is 1. The summed E-state index contributed by atoms with van der Waals surface area (Å²) in [6.07, 6.45) is 6.46. The van der Waals surface area contributed by atoms with Gasteiger partial charge in [0.25, 0.3) is 0 Å². The standard InChI is InChI=1S/C21H29N3O3/c1-27-18-8-6-7-17(15-18)24-14-13-22(16-19(24)25)20(26)21(9-2-3-10-21)23-11-4-5-12-23/h6-8,15H,2-5,9-14,16H2,1H3. The number of carbonyl (C=O) groups is 2.